The highest BCUT2D eigenvalue weighted by Crippen LogP contribution is 2.22. The Morgan fingerprint density at radius 3 is 2.50 bits per heavy atom. The Kier molecular flexibility index (Phi) is 4.82. The zero-order chi connectivity index (χ0) is 15.4. The summed E-state index contributed by atoms with van der Waals surface area (Å²) in [5.74, 6) is -0.249. The van der Waals surface area contributed by atoms with Crippen LogP contribution in [0.5, 0.6) is 0 Å². The van der Waals surface area contributed by atoms with Crippen LogP contribution in [0.2, 0.25) is 0 Å². The molecule has 0 atom stereocenters. The summed E-state index contributed by atoms with van der Waals surface area (Å²) in [7, 11) is 0. The van der Waals surface area contributed by atoms with Crippen LogP contribution in [-0.2, 0) is 11.3 Å². The fraction of sp³-hybridized carbons (Fsp3) is 0.375. The molecule has 0 unspecified atom stereocenters. The molecule has 0 bridgehead atoms. The molecule has 1 saturated heterocycles. The Morgan fingerprint density at radius 2 is 1.82 bits per heavy atom. The number of nitrogens with two attached hydrogens (primary N) is 1. The van der Waals surface area contributed by atoms with E-state index in [4.69, 9.17) is 10.7 Å². The van der Waals surface area contributed by atoms with Crippen LogP contribution in [0, 0.1) is 0 Å². The number of carbonyl (C=O) groups excluding carboxylic acids is 1. The van der Waals surface area contributed by atoms with Gasteiger partial charge in [0.15, 0.2) is 0 Å². The Balaban J connectivity index is 1.55. The summed E-state index contributed by atoms with van der Waals surface area (Å²) in [6.07, 6.45) is 0. The monoisotopic (exact) mass is 316 g/mol. The first-order valence-corrected chi connectivity index (χ1v) is 8.31. The topological polar surface area (TPSA) is 62.5 Å². The molecular weight excluding hydrogens is 296 g/mol. The van der Waals surface area contributed by atoms with Crippen molar-refractivity contribution in [3.63, 3.8) is 0 Å². The maximum Gasteiger partial charge on any atom is 0.231 e. The predicted octanol–water partition coefficient (Wildman–Crippen LogP) is 1.41. The molecule has 0 aliphatic carbocycles. The minimum Gasteiger partial charge on any atom is -0.369 e. The van der Waals surface area contributed by atoms with Crippen LogP contribution in [0.3, 0.4) is 0 Å². The molecule has 0 radical (unpaired) electrons. The van der Waals surface area contributed by atoms with Gasteiger partial charge in [-0.1, -0.05) is 30.3 Å². The number of rotatable bonds is 5. The van der Waals surface area contributed by atoms with Crippen LogP contribution in [-0.4, -0.2) is 53.4 Å². The lowest BCUT2D eigenvalue weighted by atomic mass is 10.2. The van der Waals surface area contributed by atoms with Gasteiger partial charge in [-0.15, -0.1) is 11.3 Å². The number of hydrogen-bond acceptors (Lipinski definition) is 5. The number of aromatic nitrogens is 1. The second kappa shape index (κ2) is 7.00. The van der Waals surface area contributed by atoms with Crippen molar-refractivity contribution < 1.29 is 4.79 Å². The Labute approximate surface area is 134 Å². The molecule has 1 aromatic carbocycles. The van der Waals surface area contributed by atoms with E-state index in [1.54, 1.807) is 11.3 Å². The van der Waals surface area contributed by atoms with Crippen molar-refractivity contribution in [2.75, 3.05) is 32.7 Å². The molecule has 2 heterocycles. The number of thiazole rings is 1. The van der Waals surface area contributed by atoms with Crippen molar-refractivity contribution in [1.29, 1.82) is 0 Å². The molecule has 1 aromatic heterocycles. The second-order valence-electron chi connectivity index (χ2n) is 5.51. The molecule has 1 aliphatic rings. The summed E-state index contributed by atoms with van der Waals surface area (Å²) >= 11 is 1.71. The number of nitrogens with zero attached hydrogens (tertiary/aromatic N) is 3. The molecule has 0 saturated carbocycles. The van der Waals surface area contributed by atoms with Gasteiger partial charge in [0.1, 0.15) is 5.01 Å². The second-order valence-corrected chi connectivity index (χ2v) is 6.45. The molecule has 2 N–H and O–H groups in total. The number of primary amides is 1. The smallest absolute Gasteiger partial charge is 0.231 e. The maximum atomic E-state index is 10.9. The molecule has 1 fully saturated rings. The molecule has 3 rings (SSSR count). The van der Waals surface area contributed by atoms with Crippen molar-refractivity contribution in [2.24, 2.45) is 5.73 Å². The molecule has 6 heteroatoms. The Bertz CT molecular complexity index is 620. The van der Waals surface area contributed by atoms with Crippen LogP contribution in [0.15, 0.2) is 35.7 Å². The van der Waals surface area contributed by atoms with Crippen LogP contribution in [0.4, 0.5) is 0 Å². The summed E-state index contributed by atoms with van der Waals surface area (Å²) in [6, 6.07) is 10.3. The number of piperazine rings is 1. The first-order chi connectivity index (χ1) is 10.7. The van der Waals surface area contributed by atoms with Crippen LogP contribution in [0.1, 0.15) is 5.01 Å². The van der Waals surface area contributed by atoms with E-state index < -0.39 is 0 Å². The van der Waals surface area contributed by atoms with E-state index in [9.17, 15) is 4.79 Å². The van der Waals surface area contributed by atoms with Crippen molar-refractivity contribution in [3.8, 4) is 11.3 Å². The van der Waals surface area contributed by atoms with Gasteiger partial charge in [-0.25, -0.2) is 4.98 Å². The number of amides is 1. The van der Waals surface area contributed by atoms with Crippen molar-refractivity contribution in [2.45, 2.75) is 6.54 Å². The van der Waals surface area contributed by atoms with Gasteiger partial charge in [-0.05, 0) is 0 Å². The average Bonchev–Trinajstić information content (AvgIpc) is 2.98. The fourth-order valence-electron chi connectivity index (χ4n) is 2.64. The molecule has 0 spiro atoms. The SMILES string of the molecule is NC(=O)CN1CCN(Cc2nc(-c3ccccc3)cs2)CC1. The van der Waals surface area contributed by atoms with Crippen LogP contribution < -0.4 is 5.73 Å². The Hall–Kier alpha value is -1.76. The van der Waals surface area contributed by atoms with Crippen LogP contribution in [0.25, 0.3) is 11.3 Å². The number of hydrogen-bond donors (Lipinski definition) is 1. The highest BCUT2D eigenvalue weighted by atomic mass is 32.1. The quantitative estimate of drug-likeness (QED) is 0.906. The normalized spacial score (nSPS) is 16.7. The van der Waals surface area contributed by atoms with E-state index in [1.165, 1.54) is 0 Å². The predicted molar refractivity (Wildman–Crippen MR) is 88.5 cm³/mol. The van der Waals surface area contributed by atoms with Gasteiger partial charge >= 0.3 is 0 Å². The highest BCUT2D eigenvalue weighted by Gasteiger charge is 2.19. The molecule has 2 aromatic rings. The summed E-state index contributed by atoms with van der Waals surface area (Å²) in [5.41, 5.74) is 7.45. The number of carbonyl (C=O) groups is 1. The van der Waals surface area contributed by atoms with Crippen molar-refractivity contribution >= 4 is 17.2 Å². The van der Waals surface area contributed by atoms with E-state index >= 15 is 0 Å². The molecule has 116 valence electrons. The minimum absolute atomic E-state index is 0.249. The summed E-state index contributed by atoms with van der Waals surface area (Å²) in [6.45, 7) is 4.92. The van der Waals surface area contributed by atoms with Crippen molar-refractivity contribution in [3.05, 3.63) is 40.7 Å². The van der Waals surface area contributed by atoms with Gasteiger partial charge < -0.3 is 5.73 Å². The van der Waals surface area contributed by atoms with Gasteiger partial charge in [0, 0.05) is 37.1 Å². The summed E-state index contributed by atoms with van der Waals surface area (Å²) in [5, 5.41) is 3.26. The van der Waals surface area contributed by atoms with E-state index in [0.29, 0.717) is 6.54 Å². The Morgan fingerprint density at radius 1 is 1.14 bits per heavy atom. The fourth-order valence-corrected chi connectivity index (χ4v) is 3.49. The third kappa shape index (κ3) is 3.91. The van der Waals surface area contributed by atoms with Crippen LogP contribution >= 0.6 is 11.3 Å². The maximum absolute atomic E-state index is 10.9. The van der Waals surface area contributed by atoms with E-state index in [1.807, 2.05) is 18.2 Å². The lowest BCUT2D eigenvalue weighted by Gasteiger charge is -2.33. The molecule has 22 heavy (non-hydrogen) atoms. The summed E-state index contributed by atoms with van der Waals surface area (Å²) in [4.78, 5) is 20.2. The zero-order valence-corrected chi connectivity index (χ0v) is 13.3. The third-order valence-electron chi connectivity index (χ3n) is 3.82. The lowest BCUT2D eigenvalue weighted by molar-refractivity contribution is -0.119. The number of benzene rings is 1. The first kappa shape index (κ1) is 15.1. The van der Waals surface area contributed by atoms with Crippen molar-refractivity contribution in [1.82, 2.24) is 14.8 Å². The zero-order valence-electron chi connectivity index (χ0n) is 12.4. The van der Waals surface area contributed by atoms with Gasteiger partial charge in [0.2, 0.25) is 5.91 Å². The first-order valence-electron chi connectivity index (χ1n) is 7.43. The van der Waals surface area contributed by atoms with E-state index in [-0.39, 0.29) is 5.91 Å². The van der Waals surface area contributed by atoms with Gasteiger partial charge in [-0.2, -0.15) is 0 Å². The van der Waals surface area contributed by atoms with E-state index in [2.05, 4.69) is 27.3 Å². The van der Waals surface area contributed by atoms with E-state index in [0.717, 1.165) is 49.0 Å². The summed E-state index contributed by atoms with van der Waals surface area (Å²) < 4.78 is 0. The van der Waals surface area contributed by atoms with Gasteiger partial charge in [0.25, 0.3) is 0 Å². The minimum atomic E-state index is -0.249. The standard InChI is InChI=1S/C16H20N4OS/c17-15(21)10-19-6-8-20(9-7-19)11-16-18-14(12-22-16)13-4-2-1-3-5-13/h1-5,12H,6-11H2,(H2,17,21). The molecular formula is C16H20N4OS. The lowest BCUT2D eigenvalue weighted by Crippen LogP contribution is -2.48. The third-order valence-corrected chi connectivity index (χ3v) is 4.66. The van der Waals surface area contributed by atoms with Gasteiger partial charge in [-0.3, -0.25) is 14.6 Å². The molecule has 1 amide bonds. The highest BCUT2D eigenvalue weighted by molar-refractivity contribution is 7.09. The largest absolute Gasteiger partial charge is 0.369 e. The molecule has 5 nitrogen and oxygen atoms in total. The average molecular weight is 316 g/mol. The molecule has 1 aliphatic heterocycles. The van der Waals surface area contributed by atoms with Gasteiger partial charge in [0.05, 0.1) is 18.8 Å².